The Morgan fingerprint density at radius 1 is 0.679 bits per heavy atom. The molecule has 0 aromatic carbocycles. The minimum atomic E-state index is 0.0412. The summed E-state index contributed by atoms with van der Waals surface area (Å²) in [7, 11) is 0. The van der Waals surface area contributed by atoms with Crippen LogP contribution in [0.2, 0.25) is 0 Å². The first-order chi connectivity index (χ1) is 13.7. The molecular formula is C26H46O2. The average Bonchev–Trinajstić information content (AvgIpc) is 2.74. The quantitative estimate of drug-likeness (QED) is 0.397. The number of hydrogen-bond acceptors (Lipinski definition) is 2. The van der Waals surface area contributed by atoms with Gasteiger partial charge in [-0.1, -0.05) is 46.0 Å². The Kier molecular flexibility index (Phi) is 9.18. The predicted molar refractivity (Wildman–Crippen MR) is 117 cm³/mol. The third-order valence-corrected chi connectivity index (χ3v) is 8.49. The van der Waals surface area contributed by atoms with E-state index in [1.807, 2.05) is 0 Å². The highest BCUT2D eigenvalue weighted by molar-refractivity contribution is 5.69. The Bertz CT molecular complexity index is 435. The fraction of sp³-hybridized carbons (Fsp3) is 0.962. The molecule has 0 aliphatic heterocycles. The maximum atomic E-state index is 11.9. The molecule has 3 aliphatic rings. The molecule has 0 atom stereocenters. The number of hydrogen-bond donors (Lipinski definition) is 0. The average molecular weight is 391 g/mol. The first kappa shape index (κ1) is 22.2. The number of ether oxygens (including phenoxy) is 1. The van der Waals surface area contributed by atoms with Gasteiger partial charge in [0, 0.05) is 6.42 Å². The van der Waals surface area contributed by atoms with Crippen molar-refractivity contribution in [3.05, 3.63) is 0 Å². The normalized spacial score (nSPS) is 36.8. The van der Waals surface area contributed by atoms with Gasteiger partial charge < -0.3 is 4.74 Å². The second-order valence-electron chi connectivity index (χ2n) is 10.4. The van der Waals surface area contributed by atoms with Crippen LogP contribution in [0.3, 0.4) is 0 Å². The molecule has 0 aromatic heterocycles. The van der Waals surface area contributed by atoms with Crippen LogP contribution in [0.15, 0.2) is 0 Å². The third-order valence-electron chi connectivity index (χ3n) is 8.49. The van der Waals surface area contributed by atoms with Crippen LogP contribution in [-0.4, -0.2) is 12.1 Å². The summed E-state index contributed by atoms with van der Waals surface area (Å²) < 4.78 is 5.71. The van der Waals surface area contributed by atoms with Gasteiger partial charge in [-0.15, -0.1) is 0 Å². The topological polar surface area (TPSA) is 26.3 Å². The van der Waals surface area contributed by atoms with E-state index < -0.39 is 0 Å². The second kappa shape index (κ2) is 11.6. The zero-order chi connectivity index (χ0) is 19.8. The highest BCUT2D eigenvalue weighted by Crippen LogP contribution is 2.45. The van der Waals surface area contributed by atoms with E-state index in [1.54, 1.807) is 0 Å². The van der Waals surface area contributed by atoms with Crippen LogP contribution in [-0.2, 0) is 9.53 Å². The van der Waals surface area contributed by atoms with Gasteiger partial charge in [-0.2, -0.15) is 0 Å². The van der Waals surface area contributed by atoms with E-state index >= 15 is 0 Å². The number of carbonyl (C=O) groups is 1. The maximum absolute atomic E-state index is 11.9. The van der Waals surface area contributed by atoms with Gasteiger partial charge in [0.1, 0.15) is 6.10 Å². The van der Waals surface area contributed by atoms with Crippen molar-refractivity contribution in [3.63, 3.8) is 0 Å². The Hall–Kier alpha value is -0.530. The van der Waals surface area contributed by atoms with Crippen molar-refractivity contribution in [1.82, 2.24) is 0 Å². The minimum absolute atomic E-state index is 0.0412. The van der Waals surface area contributed by atoms with Gasteiger partial charge in [-0.3, -0.25) is 4.79 Å². The van der Waals surface area contributed by atoms with Crippen LogP contribution in [0.25, 0.3) is 0 Å². The summed E-state index contributed by atoms with van der Waals surface area (Å²) in [5.41, 5.74) is 0. The van der Waals surface area contributed by atoms with Crippen molar-refractivity contribution in [2.45, 2.75) is 129 Å². The summed E-state index contributed by atoms with van der Waals surface area (Å²) in [6.07, 6.45) is 22.6. The first-order valence-corrected chi connectivity index (χ1v) is 12.9. The lowest BCUT2D eigenvalue weighted by molar-refractivity contribution is -0.151. The van der Waals surface area contributed by atoms with E-state index in [2.05, 4.69) is 13.8 Å². The van der Waals surface area contributed by atoms with Gasteiger partial charge in [0.05, 0.1) is 0 Å². The SMILES string of the molecule is CCCCC(=O)OC1CCC(C2CCC(C3CCC(CCC)CC3)CC2)CC1. The molecule has 162 valence electrons. The molecule has 3 saturated carbocycles. The van der Waals surface area contributed by atoms with Gasteiger partial charge >= 0.3 is 5.97 Å². The van der Waals surface area contributed by atoms with Gasteiger partial charge in [-0.05, 0) is 100 Å². The molecule has 2 nitrogen and oxygen atoms in total. The van der Waals surface area contributed by atoms with Crippen molar-refractivity contribution >= 4 is 5.97 Å². The van der Waals surface area contributed by atoms with Crippen molar-refractivity contribution in [1.29, 1.82) is 0 Å². The van der Waals surface area contributed by atoms with Gasteiger partial charge in [0.15, 0.2) is 0 Å². The molecule has 0 aromatic rings. The van der Waals surface area contributed by atoms with Crippen molar-refractivity contribution in [2.75, 3.05) is 0 Å². The number of rotatable bonds is 8. The highest BCUT2D eigenvalue weighted by atomic mass is 16.5. The molecular weight excluding hydrogens is 344 g/mol. The summed E-state index contributed by atoms with van der Waals surface area (Å²) in [6.45, 7) is 4.47. The van der Waals surface area contributed by atoms with Crippen molar-refractivity contribution in [2.24, 2.45) is 29.6 Å². The van der Waals surface area contributed by atoms with Crippen LogP contribution in [0.4, 0.5) is 0 Å². The van der Waals surface area contributed by atoms with Crippen molar-refractivity contribution in [3.8, 4) is 0 Å². The minimum Gasteiger partial charge on any atom is -0.462 e. The molecule has 0 saturated heterocycles. The Balaban J connectivity index is 1.32. The lowest BCUT2D eigenvalue weighted by Crippen LogP contribution is -2.31. The number of unbranched alkanes of at least 4 members (excludes halogenated alkanes) is 1. The molecule has 0 spiro atoms. The summed E-state index contributed by atoms with van der Waals surface area (Å²) >= 11 is 0. The van der Waals surface area contributed by atoms with Crippen molar-refractivity contribution < 1.29 is 9.53 Å². The van der Waals surface area contributed by atoms with Crippen LogP contribution in [0.1, 0.15) is 123 Å². The third kappa shape index (κ3) is 6.49. The fourth-order valence-corrected chi connectivity index (χ4v) is 6.69. The summed E-state index contributed by atoms with van der Waals surface area (Å²) in [6, 6.07) is 0. The summed E-state index contributed by atoms with van der Waals surface area (Å²) in [5, 5.41) is 0. The molecule has 0 unspecified atom stereocenters. The van der Waals surface area contributed by atoms with E-state index in [9.17, 15) is 4.79 Å². The second-order valence-corrected chi connectivity index (χ2v) is 10.4. The monoisotopic (exact) mass is 390 g/mol. The Morgan fingerprint density at radius 3 is 1.61 bits per heavy atom. The lowest BCUT2D eigenvalue weighted by Gasteiger charge is -2.41. The Morgan fingerprint density at radius 2 is 1.14 bits per heavy atom. The maximum Gasteiger partial charge on any atom is 0.306 e. The van der Waals surface area contributed by atoms with E-state index in [1.165, 1.54) is 77.0 Å². The molecule has 0 radical (unpaired) electrons. The molecule has 3 rings (SSSR count). The highest BCUT2D eigenvalue weighted by Gasteiger charge is 2.35. The lowest BCUT2D eigenvalue weighted by atomic mass is 9.65. The van der Waals surface area contributed by atoms with E-state index in [0.29, 0.717) is 6.42 Å². The summed E-state index contributed by atoms with van der Waals surface area (Å²) in [4.78, 5) is 11.9. The molecule has 0 heterocycles. The Labute approximate surface area is 174 Å². The van der Waals surface area contributed by atoms with Gasteiger partial charge in [0.25, 0.3) is 0 Å². The smallest absolute Gasteiger partial charge is 0.306 e. The predicted octanol–water partition coefficient (Wildman–Crippen LogP) is 7.69. The number of carbonyl (C=O) groups excluding carboxylic acids is 1. The van der Waals surface area contributed by atoms with Crippen LogP contribution in [0, 0.1) is 29.6 Å². The number of esters is 1. The van der Waals surface area contributed by atoms with Gasteiger partial charge in [-0.25, -0.2) is 0 Å². The first-order valence-electron chi connectivity index (χ1n) is 12.9. The standard InChI is InChI=1S/C26H46O2/c1-3-5-7-26(27)28-25-18-16-24(17-19-25)23-14-12-22(13-15-23)21-10-8-20(6-4-2)9-11-21/h20-25H,3-19H2,1-2H3. The largest absolute Gasteiger partial charge is 0.462 e. The zero-order valence-corrected chi connectivity index (χ0v) is 18.8. The van der Waals surface area contributed by atoms with Crippen LogP contribution in [0.5, 0.6) is 0 Å². The summed E-state index contributed by atoms with van der Waals surface area (Å²) in [5.74, 6) is 5.04. The van der Waals surface area contributed by atoms with Gasteiger partial charge in [0.2, 0.25) is 0 Å². The van der Waals surface area contributed by atoms with E-state index in [0.717, 1.165) is 55.3 Å². The van der Waals surface area contributed by atoms with E-state index in [4.69, 9.17) is 4.74 Å². The molecule has 0 bridgehead atoms. The molecule has 28 heavy (non-hydrogen) atoms. The van der Waals surface area contributed by atoms with E-state index in [-0.39, 0.29) is 12.1 Å². The van der Waals surface area contributed by atoms with Crippen LogP contribution < -0.4 is 0 Å². The molecule has 0 N–H and O–H groups in total. The zero-order valence-electron chi connectivity index (χ0n) is 18.8. The molecule has 2 heteroatoms. The fourth-order valence-electron chi connectivity index (χ4n) is 6.69. The molecule has 3 fully saturated rings. The molecule has 0 amide bonds. The molecule has 3 aliphatic carbocycles. The van der Waals surface area contributed by atoms with Crippen LogP contribution >= 0.6 is 0 Å².